The fourth-order valence-electron chi connectivity index (χ4n) is 1.49. The third kappa shape index (κ3) is 4.71. The van der Waals surface area contributed by atoms with Crippen LogP contribution >= 0.6 is 0 Å². The second kappa shape index (κ2) is 6.89. The van der Waals surface area contributed by atoms with Crippen molar-refractivity contribution in [2.75, 3.05) is 11.9 Å². The van der Waals surface area contributed by atoms with Gasteiger partial charge in [0.2, 0.25) is 0 Å². The molecule has 1 aromatic carbocycles. The van der Waals surface area contributed by atoms with E-state index in [-0.39, 0.29) is 30.4 Å². The lowest BCUT2D eigenvalue weighted by atomic mass is 10.1. The van der Waals surface area contributed by atoms with Crippen molar-refractivity contribution in [2.24, 2.45) is 5.92 Å². The number of aliphatic hydroxyl groups excluding tert-OH is 1. The number of benzene rings is 1. The second-order valence-electron chi connectivity index (χ2n) is 4.68. The summed E-state index contributed by atoms with van der Waals surface area (Å²) in [5.74, 6) is -0.0689. The number of rotatable bonds is 5. The number of urea groups is 1. The van der Waals surface area contributed by atoms with E-state index in [1.165, 1.54) is 6.92 Å². The van der Waals surface area contributed by atoms with E-state index in [9.17, 15) is 9.59 Å². The normalized spacial score (nSPS) is 13.5. The van der Waals surface area contributed by atoms with Gasteiger partial charge in [0.1, 0.15) is 0 Å². The number of carbonyl (C=O) groups excluding carboxylic acids is 2. The molecule has 0 spiro atoms. The van der Waals surface area contributed by atoms with Crippen molar-refractivity contribution < 1.29 is 14.7 Å². The van der Waals surface area contributed by atoms with Crippen LogP contribution in [0, 0.1) is 5.92 Å². The first kappa shape index (κ1) is 15.2. The molecule has 0 heterocycles. The van der Waals surface area contributed by atoms with Crippen LogP contribution in [-0.2, 0) is 0 Å². The Labute approximate surface area is 113 Å². The molecule has 0 aliphatic carbocycles. The first-order chi connectivity index (χ1) is 8.93. The second-order valence-corrected chi connectivity index (χ2v) is 4.68. The molecule has 5 nitrogen and oxygen atoms in total. The zero-order chi connectivity index (χ0) is 14.4. The van der Waals surface area contributed by atoms with Crippen LogP contribution in [-0.4, -0.2) is 29.6 Å². The summed E-state index contributed by atoms with van der Waals surface area (Å²) in [6, 6.07) is 6.26. The highest BCUT2D eigenvalue weighted by Gasteiger charge is 2.13. The number of Topliss-reactive ketones (excluding diaryl/α,β-unsaturated/α-hetero) is 1. The number of aliphatic hydroxyl groups is 1. The Morgan fingerprint density at radius 3 is 2.58 bits per heavy atom. The molecule has 0 radical (unpaired) electrons. The zero-order valence-corrected chi connectivity index (χ0v) is 11.4. The maximum atomic E-state index is 11.7. The lowest BCUT2D eigenvalue weighted by Crippen LogP contribution is -2.40. The van der Waals surface area contributed by atoms with Gasteiger partial charge in [-0.15, -0.1) is 0 Å². The smallest absolute Gasteiger partial charge is 0.319 e. The molecule has 0 aromatic heterocycles. The van der Waals surface area contributed by atoms with E-state index in [4.69, 9.17) is 5.11 Å². The van der Waals surface area contributed by atoms with Gasteiger partial charge >= 0.3 is 6.03 Å². The van der Waals surface area contributed by atoms with E-state index < -0.39 is 0 Å². The average molecular weight is 264 g/mol. The third-order valence-corrected chi connectivity index (χ3v) is 3.03. The Morgan fingerprint density at radius 1 is 1.32 bits per heavy atom. The monoisotopic (exact) mass is 264 g/mol. The van der Waals surface area contributed by atoms with Gasteiger partial charge in [-0.3, -0.25) is 4.79 Å². The van der Waals surface area contributed by atoms with Gasteiger partial charge in [0.15, 0.2) is 5.78 Å². The Balaban J connectivity index is 2.62. The van der Waals surface area contributed by atoms with Crippen molar-refractivity contribution in [3.8, 4) is 0 Å². The van der Waals surface area contributed by atoms with Crippen LogP contribution in [0.25, 0.3) is 0 Å². The van der Waals surface area contributed by atoms with Crippen molar-refractivity contribution in [3.05, 3.63) is 29.8 Å². The molecule has 2 unspecified atom stereocenters. The van der Waals surface area contributed by atoms with Crippen LogP contribution in [0.2, 0.25) is 0 Å². The van der Waals surface area contributed by atoms with E-state index >= 15 is 0 Å². The molecule has 0 aliphatic heterocycles. The molecule has 1 rings (SSSR count). The Hall–Kier alpha value is -1.88. The van der Waals surface area contributed by atoms with Crippen LogP contribution in [0.5, 0.6) is 0 Å². The Bertz CT molecular complexity index is 460. The number of carbonyl (C=O) groups is 2. The fourth-order valence-corrected chi connectivity index (χ4v) is 1.49. The number of hydrogen-bond acceptors (Lipinski definition) is 3. The lowest BCUT2D eigenvalue weighted by molar-refractivity contribution is 0.101. The molecule has 3 N–H and O–H groups in total. The maximum absolute atomic E-state index is 11.7. The zero-order valence-electron chi connectivity index (χ0n) is 11.4. The first-order valence-corrected chi connectivity index (χ1v) is 6.23. The molecular weight excluding hydrogens is 244 g/mol. The van der Waals surface area contributed by atoms with E-state index in [0.29, 0.717) is 11.3 Å². The Kier molecular flexibility index (Phi) is 5.51. The number of anilines is 1. The number of hydrogen-bond donors (Lipinski definition) is 3. The van der Waals surface area contributed by atoms with Crippen LogP contribution in [0.4, 0.5) is 10.5 Å². The summed E-state index contributed by atoms with van der Waals surface area (Å²) in [6.45, 7) is 5.17. The predicted octanol–water partition coefficient (Wildman–Crippen LogP) is 2.03. The molecule has 19 heavy (non-hydrogen) atoms. The fraction of sp³-hybridized carbons (Fsp3) is 0.429. The third-order valence-electron chi connectivity index (χ3n) is 3.03. The molecule has 1 aromatic rings. The minimum Gasteiger partial charge on any atom is -0.396 e. The molecule has 0 saturated heterocycles. The summed E-state index contributed by atoms with van der Waals surface area (Å²) in [7, 11) is 0. The van der Waals surface area contributed by atoms with Gasteiger partial charge < -0.3 is 15.7 Å². The van der Waals surface area contributed by atoms with Crippen LogP contribution < -0.4 is 10.6 Å². The summed E-state index contributed by atoms with van der Waals surface area (Å²) in [4.78, 5) is 23.0. The SMILES string of the molecule is CC(=O)c1cccc(NC(=O)NC(C)C(C)CO)c1. The van der Waals surface area contributed by atoms with Gasteiger partial charge in [0.25, 0.3) is 0 Å². The van der Waals surface area contributed by atoms with E-state index in [1.54, 1.807) is 24.3 Å². The molecular formula is C14H20N2O3. The Morgan fingerprint density at radius 2 is 2.00 bits per heavy atom. The predicted molar refractivity (Wildman–Crippen MR) is 74.3 cm³/mol. The topological polar surface area (TPSA) is 78.4 Å². The minimum absolute atomic E-state index is 0.0151. The van der Waals surface area contributed by atoms with E-state index in [2.05, 4.69) is 10.6 Å². The summed E-state index contributed by atoms with van der Waals surface area (Å²) in [5.41, 5.74) is 1.11. The maximum Gasteiger partial charge on any atom is 0.319 e. The van der Waals surface area contributed by atoms with Gasteiger partial charge in [-0.05, 0) is 31.9 Å². The molecule has 0 fully saturated rings. The van der Waals surface area contributed by atoms with Crippen molar-refractivity contribution in [1.82, 2.24) is 5.32 Å². The van der Waals surface area contributed by atoms with Gasteiger partial charge in [-0.2, -0.15) is 0 Å². The van der Waals surface area contributed by atoms with Crippen LogP contribution in [0.15, 0.2) is 24.3 Å². The van der Waals surface area contributed by atoms with Gasteiger partial charge in [0.05, 0.1) is 0 Å². The van der Waals surface area contributed by atoms with Crippen LogP contribution in [0.1, 0.15) is 31.1 Å². The van der Waals surface area contributed by atoms with Crippen LogP contribution in [0.3, 0.4) is 0 Å². The van der Waals surface area contributed by atoms with Crippen molar-refractivity contribution in [2.45, 2.75) is 26.8 Å². The molecule has 0 aliphatic rings. The molecule has 5 heteroatoms. The minimum atomic E-state index is -0.353. The highest BCUT2D eigenvalue weighted by Crippen LogP contribution is 2.11. The standard InChI is InChI=1S/C14H20N2O3/c1-9(8-17)10(2)15-14(19)16-13-6-4-5-12(7-13)11(3)18/h4-7,9-10,17H,8H2,1-3H3,(H2,15,16,19). The lowest BCUT2D eigenvalue weighted by Gasteiger charge is -2.19. The summed E-state index contributed by atoms with van der Waals surface area (Å²) < 4.78 is 0. The van der Waals surface area contributed by atoms with Crippen molar-refractivity contribution >= 4 is 17.5 Å². The molecule has 2 atom stereocenters. The summed E-state index contributed by atoms with van der Waals surface area (Å²) >= 11 is 0. The molecule has 2 amide bonds. The number of amides is 2. The molecule has 104 valence electrons. The van der Waals surface area contributed by atoms with Gasteiger partial charge in [-0.1, -0.05) is 19.1 Å². The average Bonchev–Trinajstić information content (AvgIpc) is 2.37. The largest absolute Gasteiger partial charge is 0.396 e. The van der Waals surface area contributed by atoms with Crippen molar-refractivity contribution in [1.29, 1.82) is 0 Å². The van der Waals surface area contributed by atoms with Gasteiger partial charge in [-0.25, -0.2) is 4.79 Å². The molecule has 0 saturated carbocycles. The first-order valence-electron chi connectivity index (χ1n) is 6.23. The quantitative estimate of drug-likeness (QED) is 0.712. The number of ketones is 1. The van der Waals surface area contributed by atoms with Crippen molar-refractivity contribution in [3.63, 3.8) is 0 Å². The van der Waals surface area contributed by atoms with Gasteiger partial charge in [0, 0.05) is 23.9 Å². The highest BCUT2D eigenvalue weighted by molar-refractivity contribution is 5.96. The van der Waals surface area contributed by atoms with E-state index in [0.717, 1.165) is 0 Å². The highest BCUT2D eigenvalue weighted by atomic mass is 16.3. The summed E-state index contributed by atoms with van der Waals surface area (Å²) in [5, 5.41) is 14.4. The molecule has 0 bridgehead atoms. The number of nitrogens with one attached hydrogen (secondary N) is 2. The summed E-state index contributed by atoms with van der Waals surface area (Å²) in [6.07, 6.45) is 0. The van der Waals surface area contributed by atoms with E-state index in [1.807, 2.05) is 13.8 Å².